The van der Waals surface area contributed by atoms with Crippen molar-refractivity contribution >= 4 is 5.91 Å². The number of amides is 1. The van der Waals surface area contributed by atoms with Crippen LogP contribution in [0.2, 0.25) is 0 Å². The lowest BCUT2D eigenvalue weighted by Crippen LogP contribution is -2.67. The highest BCUT2D eigenvalue weighted by atomic mass is 19.1. The SMILES string of the molecule is CCC(=O)N1CCCCN2[C@H](CO)[C@H](c3ccc(C#Cc4ccccc4F)cc3)[C@H]2C1. The Morgan fingerprint density at radius 3 is 2.55 bits per heavy atom. The van der Waals surface area contributed by atoms with E-state index in [2.05, 4.69) is 28.9 Å². The minimum atomic E-state index is -0.317. The monoisotopic (exact) mass is 420 g/mol. The Bertz CT molecular complexity index is 979. The van der Waals surface area contributed by atoms with Gasteiger partial charge in [0.2, 0.25) is 5.91 Å². The highest BCUT2D eigenvalue weighted by molar-refractivity contribution is 5.75. The molecule has 2 aromatic rings. The number of fused-ring (bicyclic) bond motifs is 1. The van der Waals surface area contributed by atoms with Crippen molar-refractivity contribution in [1.29, 1.82) is 0 Å². The number of halogens is 1. The van der Waals surface area contributed by atoms with Crippen LogP contribution in [0, 0.1) is 17.7 Å². The second-order valence-corrected chi connectivity index (χ2v) is 8.33. The molecule has 3 atom stereocenters. The van der Waals surface area contributed by atoms with Crippen molar-refractivity contribution in [3.63, 3.8) is 0 Å². The van der Waals surface area contributed by atoms with E-state index in [4.69, 9.17) is 0 Å². The highest BCUT2D eigenvalue weighted by Crippen LogP contribution is 2.42. The van der Waals surface area contributed by atoms with E-state index < -0.39 is 0 Å². The van der Waals surface area contributed by atoms with E-state index in [9.17, 15) is 14.3 Å². The van der Waals surface area contributed by atoms with Gasteiger partial charge >= 0.3 is 0 Å². The Kier molecular flexibility index (Phi) is 6.70. The molecule has 0 radical (unpaired) electrons. The molecule has 5 heteroatoms. The molecule has 0 aromatic heterocycles. The zero-order valence-corrected chi connectivity index (χ0v) is 17.9. The predicted molar refractivity (Wildman–Crippen MR) is 119 cm³/mol. The van der Waals surface area contributed by atoms with Gasteiger partial charge < -0.3 is 10.0 Å². The van der Waals surface area contributed by atoms with Crippen molar-refractivity contribution in [1.82, 2.24) is 9.80 Å². The zero-order valence-electron chi connectivity index (χ0n) is 17.9. The third-order valence-corrected chi connectivity index (χ3v) is 6.54. The third-order valence-electron chi connectivity index (χ3n) is 6.54. The van der Waals surface area contributed by atoms with Gasteiger partial charge in [-0.3, -0.25) is 9.69 Å². The number of benzene rings is 2. The van der Waals surface area contributed by atoms with Crippen molar-refractivity contribution in [3.8, 4) is 11.8 Å². The molecule has 0 aliphatic carbocycles. The van der Waals surface area contributed by atoms with E-state index in [0.717, 1.165) is 37.1 Å². The van der Waals surface area contributed by atoms with Gasteiger partial charge in [-0.15, -0.1) is 0 Å². The number of hydrogen-bond donors (Lipinski definition) is 1. The van der Waals surface area contributed by atoms with Crippen LogP contribution in [0.25, 0.3) is 0 Å². The van der Waals surface area contributed by atoms with E-state index >= 15 is 0 Å². The summed E-state index contributed by atoms with van der Waals surface area (Å²) in [6, 6.07) is 14.8. The Morgan fingerprint density at radius 2 is 1.84 bits per heavy atom. The normalized spacial score (nSPS) is 23.6. The number of aliphatic hydroxyl groups excluding tert-OH is 1. The third kappa shape index (κ3) is 4.51. The number of aliphatic hydroxyl groups is 1. The number of carbonyl (C=O) groups is 1. The average molecular weight is 421 g/mol. The molecule has 4 rings (SSSR count). The summed E-state index contributed by atoms with van der Waals surface area (Å²) in [4.78, 5) is 16.7. The van der Waals surface area contributed by atoms with Crippen LogP contribution in [-0.4, -0.2) is 59.1 Å². The lowest BCUT2D eigenvalue weighted by molar-refractivity contribution is -0.136. The Morgan fingerprint density at radius 1 is 1.10 bits per heavy atom. The van der Waals surface area contributed by atoms with Crippen LogP contribution in [0.4, 0.5) is 4.39 Å². The minimum absolute atomic E-state index is 0.0806. The second-order valence-electron chi connectivity index (χ2n) is 8.33. The fourth-order valence-electron chi connectivity index (χ4n) is 4.88. The lowest BCUT2D eigenvalue weighted by Gasteiger charge is -2.57. The fraction of sp³-hybridized carbons (Fsp3) is 0.423. The van der Waals surface area contributed by atoms with Crippen molar-refractivity contribution in [2.24, 2.45) is 0 Å². The maximum Gasteiger partial charge on any atom is 0.222 e. The Hall–Kier alpha value is -2.68. The lowest BCUT2D eigenvalue weighted by atomic mass is 9.74. The van der Waals surface area contributed by atoms with Crippen LogP contribution in [0.5, 0.6) is 0 Å². The maximum atomic E-state index is 13.8. The minimum Gasteiger partial charge on any atom is -0.395 e. The molecule has 0 bridgehead atoms. The summed E-state index contributed by atoms with van der Waals surface area (Å²) in [5.41, 5.74) is 2.36. The van der Waals surface area contributed by atoms with Gasteiger partial charge in [0.05, 0.1) is 12.2 Å². The van der Waals surface area contributed by atoms with Gasteiger partial charge in [0.25, 0.3) is 0 Å². The first-order chi connectivity index (χ1) is 15.1. The van der Waals surface area contributed by atoms with Crippen LogP contribution in [0.15, 0.2) is 48.5 Å². The highest BCUT2D eigenvalue weighted by Gasteiger charge is 2.49. The first kappa shape index (κ1) is 21.5. The maximum absolute atomic E-state index is 13.8. The molecule has 2 fully saturated rings. The topological polar surface area (TPSA) is 43.8 Å². The van der Waals surface area contributed by atoms with Gasteiger partial charge in [-0.1, -0.05) is 43.0 Å². The Labute approximate surface area is 183 Å². The summed E-state index contributed by atoms with van der Waals surface area (Å²) < 4.78 is 13.8. The number of nitrogens with zero attached hydrogens (tertiary/aromatic N) is 2. The molecule has 162 valence electrons. The summed E-state index contributed by atoms with van der Waals surface area (Å²) >= 11 is 0. The summed E-state index contributed by atoms with van der Waals surface area (Å²) in [7, 11) is 0. The number of carbonyl (C=O) groups excluding carboxylic acids is 1. The van der Waals surface area contributed by atoms with Crippen LogP contribution >= 0.6 is 0 Å². The molecule has 1 amide bonds. The van der Waals surface area contributed by atoms with Crippen molar-refractivity contribution in [2.45, 2.75) is 44.2 Å². The van der Waals surface area contributed by atoms with E-state index in [1.54, 1.807) is 18.2 Å². The number of rotatable bonds is 3. The smallest absolute Gasteiger partial charge is 0.222 e. The molecule has 2 heterocycles. The van der Waals surface area contributed by atoms with Gasteiger partial charge in [-0.25, -0.2) is 4.39 Å². The second kappa shape index (κ2) is 9.64. The van der Waals surface area contributed by atoms with Crippen molar-refractivity contribution < 1.29 is 14.3 Å². The molecular formula is C26H29FN2O2. The number of hydrogen-bond acceptors (Lipinski definition) is 3. The van der Waals surface area contributed by atoms with E-state index in [1.807, 2.05) is 24.0 Å². The van der Waals surface area contributed by atoms with Crippen molar-refractivity contribution in [2.75, 3.05) is 26.2 Å². The van der Waals surface area contributed by atoms with Crippen LogP contribution in [-0.2, 0) is 4.79 Å². The van der Waals surface area contributed by atoms with Gasteiger partial charge in [0.15, 0.2) is 0 Å². The molecule has 2 saturated heterocycles. The molecule has 0 saturated carbocycles. The molecule has 2 aliphatic rings. The van der Waals surface area contributed by atoms with E-state index in [0.29, 0.717) is 18.5 Å². The molecule has 2 aromatic carbocycles. The standard InChI is InChI=1S/C26H29FN2O2/c1-2-25(31)28-15-5-6-16-29-23(17-28)26(24(29)18-30)21-13-10-19(11-14-21)9-12-20-7-3-4-8-22(20)27/h3-4,7-8,10-11,13-14,23-24,26,30H,2,5-6,15-18H2,1H3/t23-,24-,26-/m1/s1. The fourth-order valence-corrected chi connectivity index (χ4v) is 4.88. The molecule has 0 spiro atoms. The van der Waals surface area contributed by atoms with Crippen LogP contribution in [0.1, 0.15) is 48.8 Å². The summed E-state index contributed by atoms with van der Waals surface area (Å²) in [5.74, 6) is 5.99. The summed E-state index contributed by atoms with van der Waals surface area (Å²) in [6.45, 7) is 4.51. The van der Waals surface area contributed by atoms with E-state index in [1.165, 1.54) is 6.07 Å². The van der Waals surface area contributed by atoms with Crippen molar-refractivity contribution in [3.05, 3.63) is 71.0 Å². The predicted octanol–water partition coefficient (Wildman–Crippen LogP) is 3.39. The molecule has 1 N–H and O–H groups in total. The molecule has 2 aliphatic heterocycles. The van der Waals surface area contributed by atoms with Gasteiger partial charge in [0.1, 0.15) is 5.82 Å². The first-order valence-corrected chi connectivity index (χ1v) is 11.1. The van der Waals surface area contributed by atoms with Gasteiger partial charge in [-0.2, -0.15) is 0 Å². The largest absolute Gasteiger partial charge is 0.395 e. The Balaban J connectivity index is 1.53. The quantitative estimate of drug-likeness (QED) is 0.775. The van der Waals surface area contributed by atoms with Crippen LogP contribution < -0.4 is 0 Å². The summed E-state index contributed by atoms with van der Waals surface area (Å²) in [5, 5.41) is 10.1. The molecule has 31 heavy (non-hydrogen) atoms. The molecule has 4 nitrogen and oxygen atoms in total. The molecule has 0 unspecified atom stereocenters. The van der Waals surface area contributed by atoms with Gasteiger partial charge in [-0.05, 0) is 49.2 Å². The zero-order chi connectivity index (χ0) is 21.8. The van der Waals surface area contributed by atoms with Gasteiger partial charge in [0, 0.05) is 43.1 Å². The van der Waals surface area contributed by atoms with Crippen LogP contribution in [0.3, 0.4) is 0 Å². The summed E-state index contributed by atoms with van der Waals surface area (Å²) in [6.07, 6.45) is 2.57. The average Bonchev–Trinajstić information content (AvgIpc) is 2.78. The molecular weight excluding hydrogens is 391 g/mol. The first-order valence-electron chi connectivity index (χ1n) is 11.1. The van der Waals surface area contributed by atoms with E-state index in [-0.39, 0.29) is 36.3 Å².